The first-order valence-electron chi connectivity index (χ1n) is 5.64. The smallest absolute Gasteiger partial charge is 0.342 e. The standard InChI is InChI=1S/C13H15NO2S/c1-3-6-16-13(15)11-9-5-4-8(2)7-10(9)17-12(11)14/h1,8H,4-7,14H2,2H3. The molecule has 1 aromatic rings. The molecule has 90 valence electrons. The Morgan fingerprint density at radius 1 is 1.71 bits per heavy atom. The molecular formula is C13H15NO2S. The minimum atomic E-state index is -0.382. The molecule has 0 bridgehead atoms. The van der Waals surface area contributed by atoms with Crippen LogP contribution in [0, 0.1) is 18.3 Å². The van der Waals surface area contributed by atoms with Crippen LogP contribution in [-0.2, 0) is 17.6 Å². The fourth-order valence-corrected chi connectivity index (χ4v) is 3.44. The lowest BCUT2D eigenvalue weighted by Gasteiger charge is -2.18. The molecule has 0 saturated carbocycles. The highest BCUT2D eigenvalue weighted by Gasteiger charge is 2.27. The van der Waals surface area contributed by atoms with E-state index in [0.717, 1.165) is 24.8 Å². The third-order valence-electron chi connectivity index (χ3n) is 3.03. The fourth-order valence-electron chi connectivity index (χ4n) is 2.18. The Kier molecular flexibility index (Phi) is 3.39. The molecule has 2 rings (SSSR count). The molecular weight excluding hydrogens is 234 g/mol. The number of fused-ring (bicyclic) bond motifs is 1. The number of carbonyl (C=O) groups is 1. The van der Waals surface area contributed by atoms with E-state index in [1.165, 1.54) is 16.2 Å². The minimum absolute atomic E-state index is 0.000698. The molecule has 17 heavy (non-hydrogen) atoms. The van der Waals surface area contributed by atoms with E-state index in [0.29, 0.717) is 16.5 Å². The van der Waals surface area contributed by atoms with Crippen molar-refractivity contribution < 1.29 is 9.53 Å². The summed E-state index contributed by atoms with van der Waals surface area (Å²) in [6.07, 6.45) is 8.08. The van der Waals surface area contributed by atoms with Crippen LogP contribution in [0.15, 0.2) is 0 Å². The van der Waals surface area contributed by atoms with E-state index >= 15 is 0 Å². The third-order valence-corrected chi connectivity index (χ3v) is 4.11. The first-order chi connectivity index (χ1) is 8.13. The van der Waals surface area contributed by atoms with Gasteiger partial charge in [0.05, 0.1) is 5.56 Å². The summed E-state index contributed by atoms with van der Waals surface area (Å²) in [7, 11) is 0. The number of hydrogen-bond donors (Lipinski definition) is 1. The van der Waals surface area contributed by atoms with Gasteiger partial charge in [-0.1, -0.05) is 12.8 Å². The Labute approximate surface area is 105 Å². The molecule has 1 heterocycles. The second-order valence-corrected chi connectivity index (χ2v) is 5.51. The van der Waals surface area contributed by atoms with Gasteiger partial charge < -0.3 is 10.5 Å². The summed E-state index contributed by atoms with van der Waals surface area (Å²) < 4.78 is 4.96. The van der Waals surface area contributed by atoms with Crippen molar-refractivity contribution >= 4 is 22.3 Å². The first kappa shape index (κ1) is 12.0. The Morgan fingerprint density at radius 3 is 3.18 bits per heavy atom. The predicted molar refractivity (Wildman–Crippen MR) is 69.0 cm³/mol. The number of nitrogen functional groups attached to an aromatic ring is 1. The van der Waals surface area contributed by atoms with Crippen molar-refractivity contribution in [2.45, 2.75) is 26.2 Å². The number of carbonyl (C=O) groups excluding carboxylic acids is 1. The van der Waals surface area contributed by atoms with E-state index in [4.69, 9.17) is 16.9 Å². The van der Waals surface area contributed by atoms with E-state index in [1.807, 2.05) is 0 Å². The lowest BCUT2D eigenvalue weighted by molar-refractivity contribution is 0.0557. The molecule has 0 aliphatic heterocycles. The van der Waals surface area contributed by atoms with E-state index in [-0.39, 0.29) is 12.6 Å². The van der Waals surface area contributed by atoms with Gasteiger partial charge in [-0.25, -0.2) is 4.79 Å². The summed E-state index contributed by atoms with van der Waals surface area (Å²) >= 11 is 1.51. The highest BCUT2D eigenvalue weighted by atomic mass is 32.1. The van der Waals surface area contributed by atoms with Gasteiger partial charge in [-0.2, -0.15) is 0 Å². The lowest BCUT2D eigenvalue weighted by Crippen LogP contribution is -2.14. The number of nitrogens with two attached hydrogens (primary N) is 1. The van der Waals surface area contributed by atoms with Gasteiger partial charge >= 0.3 is 5.97 Å². The van der Waals surface area contributed by atoms with Crippen LogP contribution in [-0.4, -0.2) is 12.6 Å². The number of rotatable bonds is 2. The molecule has 2 N–H and O–H groups in total. The number of thiophene rings is 1. The summed E-state index contributed by atoms with van der Waals surface area (Å²) in [6, 6.07) is 0. The van der Waals surface area contributed by atoms with Crippen molar-refractivity contribution in [2.24, 2.45) is 5.92 Å². The second-order valence-electron chi connectivity index (χ2n) is 4.37. The van der Waals surface area contributed by atoms with Crippen molar-refractivity contribution in [3.8, 4) is 12.3 Å². The topological polar surface area (TPSA) is 52.3 Å². The second kappa shape index (κ2) is 4.80. The van der Waals surface area contributed by atoms with Gasteiger partial charge in [0.2, 0.25) is 0 Å². The van der Waals surface area contributed by atoms with Crippen molar-refractivity contribution in [3.63, 3.8) is 0 Å². The predicted octanol–water partition coefficient (Wildman–Crippen LogP) is 2.25. The van der Waals surface area contributed by atoms with Gasteiger partial charge in [0.25, 0.3) is 0 Å². The molecule has 0 saturated heterocycles. The third kappa shape index (κ3) is 2.29. The van der Waals surface area contributed by atoms with Crippen LogP contribution in [0.1, 0.15) is 34.1 Å². The van der Waals surface area contributed by atoms with Gasteiger partial charge in [-0.15, -0.1) is 17.8 Å². The summed E-state index contributed by atoms with van der Waals surface area (Å²) in [5.74, 6) is 2.57. The molecule has 1 unspecified atom stereocenters. The van der Waals surface area contributed by atoms with Crippen LogP contribution in [0.4, 0.5) is 5.00 Å². The molecule has 3 nitrogen and oxygen atoms in total. The fraction of sp³-hybridized carbons (Fsp3) is 0.462. The van der Waals surface area contributed by atoms with Crippen molar-refractivity contribution in [1.82, 2.24) is 0 Å². The maximum absolute atomic E-state index is 11.8. The van der Waals surface area contributed by atoms with Crippen LogP contribution in [0.5, 0.6) is 0 Å². The van der Waals surface area contributed by atoms with Gasteiger partial charge in [-0.05, 0) is 30.7 Å². The lowest BCUT2D eigenvalue weighted by atomic mass is 9.88. The summed E-state index contributed by atoms with van der Waals surface area (Å²) in [6.45, 7) is 2.22. The molecule has 0 radical (unpaired) electrons. The van der Waals surface area contributed by atoms with E-state index in [1.54, 1.807) is 0 Å². The van der Waals surface area contributed by atoms with Crippen molar-refractivity contribution in [3.05, 3.63) is 16.0 Å². The zero-order valence-electron chi connectivity index (χ0n) is 9.79. The zero-order chi connectivity index (χ0) is 12.4. The average Bonchev–Trinajstić information content (AvgIpc) is 2.61. The van der Waals surface area contributed by atoms with E-state index in [2.05, 4.69) is 12.8 Å². The van der Waals surface area contributed by atoms with Gasteiger partial charge in [0, 0.05) is 4.88 Å². The molecule has 0 spiro atoms. The molecule has 1 aliphatic rings. The first-order valence-corrected chi connectivity index (χ1v) is 6.45. The van der Waals surface area contributed by atoms with E-state index in [9.17, 15) is 4.79 Å². The Bertz CT molecular complexity index is 484. The van der Waals surface area contributed by atoms with Gasteiger partial charge in [0.15, 0.2) is 6.61 Å². The molecule has 0 fully saturated rings. The summed E-state index contributed by atoms with van der Waals surface area (Å²) in [5, 5.41) is 0.561. The van der Waals surface area contributed by atoms with E-state index < -0.39 is 0 Å². The van der Waals surface area contributed by atoms with Crippen molar-refractivity contribution in [2.75, 3.05) is 12.3 Å². The number of anilines is 1. The van der Waals surface area contributed by atoms with Crippen LogP contribution >= 0.6 is 11.3 Å². The normalized spacial score (nSPS) is 18.2. The average molecular weight is 249 g/mol. The van der Waals surface area contributed by atoms with Crippen LogP contribution in [0.2, 0.25) is 0 Å². The quantitative estimate of drug-likeness (QED) is 0.646. The minimum Gasteiger partial charge on any atom is -0.449 e. The zero-order valence-corrected chi connectivity index (χ0v) is 10.6. The molecule has 0 aromatic carbocycles. The maximum atomic E-state index is 11.8. The summed E-state index contributed by atoms with van der Waals surface area (Å²) in [4.78, 5) is 13.1. The molecule has 1 atom stereocenters. The monoisotopic (exact) mass is 249 g/mol. The number of hydrogen-bond acceptors (Lipinski definition) is 4. The molecule has 4 heteroatoms. The van der Waals surface area contributed by atoms with Gasteiger partial charge in [0.1, 0.15) is 5.00 Å². The van der Waals surface area contributed by atoms with Crippen LogP contribution in [0.3, 0.4) is 0 Å². The Balaban J connectivity index is 2.29. The highest BCUT2D eigenvalue weighted by Crippen LogP contribution is 2.38. The Morgan fingerprint density at radius 2 is 2.47 bits per heavy atom. The molecule has 0 amide bonds. The summed E-state index contributed by atoms with van der Waals surface area (Å²) in [5.41, 5.74) is 7.53. The SMILES string of the molecule is C#CCOC(=O)c1c(N)sc2c1CCC(C)C2. The van der Waals surface area contributed by atoms with Crippen LogP contribution < -0.4 is 5.73 Å². The van der Waals surface area contributed by atoms with Crippen molar-refractivity contribution in [1.29, 1.82) is 0 Å². The number of ether oxygens (including phenoxy) is 1. The molecule has 1 aliphatic carbocycles. The molecule has 1 aromatic heterocycles. The largest absolute Gasteiger partial charge is 0.449 e. The van der Waals surface area contributed by atoms with Crippen LogP contribution in [0.25, 0.3) is 0 Å². The number of esters is 1. The Hall–Kier alpha value is -1.47. The van der Waals surface area contributed by atoms with Gasteiger partial charge in [-0.3, -0.25) is 0 Å². The maximum Gasteiger partial charge on any atom is 0.342 e. The number of terminal acetylenes is 1. The highest BCUT2D eigenvalue weighted by molar-refractivity contribution is 7.16.